The number of benzene rings is 1. The molecule has 0 saturated heterocycles. The average Bonchev–Trinajstić information content (AvgIpc) is 2.49. The van der Waals surface area contributed by atoms with Gasteiger partial charge in [0.05, 0.1) is 5.69 Å². The summed E-state index contributed by atoms with van der Waals surface area (Å²) in [5, 5.41) is 3.55. The molecule has 1 aromatic carbocycles. The van der Waals surface area contributed by atoms with Crippen LogP contribution in [-0.4, -0.2) is 30.0 Å². The number of rotatable bonds is 7. The van der Waals surface area contributed by atoms with Crippen LogP contribution in [0.15, 0.2) is 54.7 Å². The minimum absolute atomic E-state index is 0.356. The summed E-state index contributed by atoms with van der Waals surface area (Å²) in [5.74, 6) is 0. The normalized spacial score (nSPS) is 12.6. The zero-order valence-corrected chi connectivity index (χ0v) is 12.3. The molecule has 2 aromatic rings. The van der Waals surface area contributed by atoms with Gasteiger partial charge in [0.2, 0.25) is 0 Å². The molecule has 2 rings (SSSR count). The molecule has 0 aliphatic rings. The van der Waals surface area contributed by atoms with Crippen molar-refractivity contribution in [1.29, 1.82) is 0 Å². The molecule has 1 heterocycles. The molecule has 1 N–H and O–H groups in total. The SMILES string of the molecule is CCNC(CN(C)Cc1ccccn1)c1ccccc1. The van der Waals surface area contributed by atoms with Crippen LogP contribution in [0.4, 0.5) is 0 Å². The third-order valence-electron chi connectivity index (χ3n) is 3.30. The van der Waals surface area contributed by atoms with Gasteiger partial charge in [0.1, 0.15) is 0 Å². The molecule has 1 atom stereocenters. The Morgan fingerprint density at radius 1 is 1.10 bits per heavy atom. The first-order valence-electron chi connectivity index (χ1n) is 7.16. The molecule has 0 spiro atoms. The minimum Gasteiger partial charge on any atom is -0.309 e. The number of hydrogen-bond acceptors (Lipinski definition) is 3. The molecule has 3 nitrogen and oxygen atoms in total. The quantitative estimate of drug-likeness (QED) is 0.837. The number of pyridine rings is 1. The van der Waals surface area contributed by atoms with Gasteiger partial charge in [-0.1, -0.05) is 43.3 Å². The van der Waals surface area contributed by atoms with Gasteiger partial charge in [0.25, 0.3) is 0 Å². The molecular formula is C17H23N3. The van der Waals surface area contributed by atoms with Crippen LogP contribution in [-0.2, 0) is 6.54 Å². The Balaban J connectivity index is 1.97. The second-order valence-electron chi connectivity index (χ2n) is 5.04. The maximum Gasteiger partial charge on any atom is 0.0543 e. The summed E-state index contributed by atoms with van der Waals surface area (Å²) >= 11 is 0. The summed E-state index contributed by atoms with van der Waals surface area (Å²) in [6, 6.07) is 17.0. The Labute approximate surface area is 121 Å². The van der Waals surface area contributed by atoms with Crippen LogP contribution in [0.1, 0.15) is 24.2 Å². The summed E-state index contributed by atoms with van der Waals surface area (Å²) in [6.45, 7) is 4.95. The molecule has 20 heavy (non-hydrogen) atoms. The van der Waals surface area contributed by atoms with Crippen molar-refractivity contribution >= 4 is 0 Å². The van der Waals surface area contributed by atoms with Crippen LogP contribution < -0.4 is 5.32 Å². The topological polar surface area (TPSA) is 28.2 Å². The molecule has 0 saturated carbocycles. The summed E-state index contributed by atoms with van der Waals surface area (Å²) in [6.07, 6.45) is 1.85. The summed E-state index contributed by atoms with van der Waals surface area (Å²) < 4.78 is 0. The van der Waals surface area contributed by atoms with Gasteiger partial charge >= 0.3 is 0 Å². The molecule has 0 bridgehead atoms. The fourth-order valence-electron chi connectivity index (χ4n) is 2.36. The van der Waals surface area contributed by atoms with Gasteiger partial charge in [-0.25, -0.2) is 0 Å². The highest BCUT2D eigenvalue weighted by molar-refractivity contribution is 5.19. The van der Waals surface area contributed by atoms with Crippen molar-refractivity contribution in [2.75, 3.05) is 20.1 Å². The van der Waals surface area contributed by atoms with Crippen LogP contribution >= 0.6 is 0 Å². The van der Waals surface area contributed by atoms with Crippen molar-refractivity contribution in [2.45, 2.75) is 19.5 Å². The molecular weight excluding hydrogens is 246 g/mol. The minimum atomic E-state index is 0.356. The van der Waals surface area contributed by atoms with Gasteiger partial charge in [-0.2, -0.15) is 0 Å². The van der Waals surface area contributed by atoms with Crippen molar-refractivity contribution in [3.05, 3.63) is 66.0 Å². The molecule has 1 aromatic heterocycles. The maximum atomic E-state index is 4.38. The standard InChI is InChI=1S/C17H23N3/c1-3-18-17(15-9-5-4-6-10-15)14-20(2)13-16-11-7-8-12-19-16/h4-12,17-18H,3,13-14H2,1-2H3. The number of nitrogens with one attached hydrogen (secondary N) is 1. The molecule has 0 radical (unpaired) electrons. The number of hydrogen-bond donors (Lipinski definition) is 1. The maximum absolute atomic E-state index is 4.38. The van der Waals surface area contributed by atoms with Gasteiger partial charge in [-0.05, 0) is 31.3 Å². The van der Waals surface area contributed by atoms with Crippen molar-refractivity contribution < 1.29 is 0 Å². The monoisotopic (exact) mass is 269 g/mol. The van der Waals surface area contributed by atoms with Gasteiger partial charge in [0.15, 0.2) is 0 Å². The van der Waals surface area contributed by atoms with E-state index in [1.165, 1.54) is 5.56 Å². The third kappa shape index (κ3) is 4.44. The Morgan fingerprint density at radius 2 is 1.85 bits per heavy atom. The van der Waals surface area contributed by atoms with E-state index >= 15 is 0 Å². The molecule has 0 aliphatic heterocycles. The second-order valence-corrected chi connectivity index (χ2v) is 5.04. The molecule has 0 amide bonds. The lowest BCUT2D eigenvalue weighted by Gasteiger charge is -2.25. The Morgan fingerprint density at radius 3 is 2.50 bits per heavy atom. The fraction of sp³-hybridized carbons (Fsp3) is 0.353. The van der Waals surface area contributed by atoms with E-state index in [-0.39, 0.29) is 0 Å². The van der Waals surface area contributed by atoms with E-state index in [2.05, 4.69) is 65.6 Å². The first-order valence-corrected chi connectivity index (χ1v) is 7.16. The van der Waals surface area contributed by atoms with E-state index in [1.807, 2.05) is 18.3 Å². The largest absolute Gasteiger partial charge is 0.309 e. The van der Waals surface area contributed by atoms with Crippen molar-refractivity contribution in [2.24, 2.45) is 0 Å². The highest BCUT2D eigenvalue weighted by Gasteiger charge is 2.12. The lowest BCUT2D eigenvalue weighted by molar-refractivity contribution is 0.282. The Kier molecular flexibility index (Phi) is 5.71. The smallest absolute Gasteiger partial charge is 0.0543 e. The fourth-order valence-corrected chi connectivity index (χ4v) is 2.36. The van der Waals surface area contributed by atoms with E-state index in [1.54, 1.807) is 0 Å². The van der Waals surface area contributed by atoms with Crippen molar-refractivity contribution in [3.63, 3.8) is 0 Å². The van der Waals surface area contributed by atoms with Gasteiger partial charge in [-0.15, -0.1) is 0 Å². The molecule has 106 valence electrons. The predicted molar refractivity (Wildman–Crippen MR) is 83.4 cm³/mol. The number of aromatic nitrogens is 1. The summed E-state index contributed by atoms with van der Waals surface area (Å²) in [7, 11) is 2.14. The van der Waals surface area contributed by atoms with Gasteiger partial charge < -0.3 is 5.32 Å². The highest BCUT2D eigenvalue weighted by atomic mass is 15.1. The summed E-state index contributed by atoms with van der Waals surface area (Å²) in [4.78, 5) is 6.69. The first kappa shape index (κ1) is 14.7. The van der Waals surface area contributed by atoms with Crippen LogP contribution in [0.3, 0.4) is 0 Å². The number of nitrogens with zero attached hydrogens (tertiary/aromatic N) is 2. The third-order valence-corrected chi connectivity index (χ3v) is 3.30. The Hall–Kier alpha value is -1.71. The Bertz CT molecular complexity index is 484. The van der Waals surface area contributed by atoms with E-state index < -0.39 is 0 Å². The van der Waals surface area contributed by atoms with E-state index in [9.17, 15) is 0 Å². The zero-order valence-electron chi connectivity index (χ0n) is 12.3. The van der Waals surface area contributed by atoms with Crippen molar-refractivity contribution in [1.82, 2.24) is 15.2 Å². The zero-order chi connectivity index (χ0) is 14.2. The first-order chi connectivity index (χ1) is 9.79. The average molecular weight is 269 g/mol. The van der Waals surface area contributed by atoms with E-state index in [4.69, 9.17) is 0 Å². The predicted octanol–water partition coefficient (Wildman–Crippen LogP) is 2.86. The van der Waals surface area contributed by atoms with Gasteiger partial charge in [-0.3, -0.25) is 9.88 Å². The summed E-state index contributed by atoms with van der Waals surface area (Å²) in [5.41, 5.74) is 2.44. The van der Waals surface area contributed by atoms with Crippen LogP contribution in [0, 0.1) is 0 Å². The van der Waals surface area contributed by atoms with Crippen LogP contribution in [0.25, 0.3) is 0 Å². The van der Waals surface area contributed by atoms with E-state index in [0.29, 0.717) is 6.04 Å². The molecule has 0 fully saturated rings. The van der Waals surface area contributed by atoms with E-state index in [0.717, 1.165) is 25.3 Å². The lowest BCUT2D eigenvalue weighted by atomic mass is 10.1. The lowest BCUT2D eigenvalue weighted by Crippen LogP contribution is -2.32. The van der Waals surface area contributed by atoms with Crippen molar-refractivity contribution in [3.8, 4) is 0 Å². The second kappa shape index (κ2) is 7.78. The van der Waals surface area contributed by atoms with Gasteiger partial charge in [0, 0.05) is 25.3 Å². The van der Waals surface area contributed by atoms with Crippen LogP contribution in [0.2, 0.25) is 0 Å². The van der Waals surface area contributed by atoms with Crippen LogP contribution in [0.5, 0.6) is 0 Å². The molecule has 1 unspecified atom stereocenters. The molecule has 3 heteroatoms. The molecule has 0 aliphatic carbocycles. The highest BCUT2D eigenvalue weighted by Crippen LogP contribution is 2.14. The number of likely N-dealkylation sites (N-methyl/N-ethyl adjacent to an activating group) is 2.